The highest BCUT2D eigenvalue weighted by molar-refractivity contribution is 6.31. The van der Waals surface area contributed by atoms with Gasteiger partial charge in [0.25, 0.3) is 0 Å². The van der Waals surface area contributed by atoms with Crippen LogP contribution < -0.4 is 11.3 Å². The van der Waals surface area contributed by atoms with Crippen LogP contribution in [-0.2, 0) is 9.47 Å². The Morgan fingerprint density at radius 2 is 2.29 bits per heavy atom. The van der Waals surface area contributed by atoms with Crippen LogP contribution in [0.1, 0.15) is 36.4 Å². The molecule has 1 aromatic rings. The van der Waals surface area contributed by atoms with Crippen molar-refractivity contribution in [3.8, 4) is 0 Å². The van der Waals surface area contributed by atoms with Crippen LogP contribution in [0.3, 0.4) is 0 Å². The number of hydrogen-bond acceptors (Lipinski definition) is 4. The fourth-order valence-corrected chi connectivity index (χ4v) is 3.84. The van der Waals surface area contributed by atoms with Crippen LogP contribution in [0.2, 0.25) is 5.02 Å². The van der Waals surface area contributed by atoms with Gasteiger partial charge in [0, 0.05) is 30.7 Å². The monoisotopic (exact) mass is 310 g/mol. The lowest BCUT2D eigenvalue weighted by Gasteiger charge is -2.40. The third-order valence-electron chi connectivity index (χ3n) is 4.89. The molecule has 5 heteroatoms. The fraction of sp³-hybridized carbons (Fsp3) is 0.625. The maximum absolute atomic E-state index is 6.26. The van der Waals surface area contributed by atoms with E-state index in [0.29, 0.717) is 12.5 Å². The van der Waals surface area contributed by atoms with Crippen molar-refractivity contribution < 1.29 is 9.47 Å². The number of rotatable bonds is 3. The average molecular weight is 311 g/mol. The second-order valence-corrected chi connectivity index (χ2v) is 6.59. The molecule has 0 bridgehead atoms. The molecule has 2 aliphatic rings. The molecule has 1 aromatic carbocycles. The number of hydrogen-bond donors (Lipinski definition) is 2. The first kappa shape index (κ1) is 15.3. The summed E-state index contributed by atoms with van der Waals surface area (Å²) < 4.78 is 11.6. The smallest absolute Gasteiger partial charge is 0.0940 e. The Bertz CT molecular complexity index is 503. The standard InChI is InChI=1S/C16H23ClN2O2/c1-11-13(3-2-4-14(11)17)15(19-18)12-5-7-21-16(9-12)6-8-20-10-16/h2-4,12,15,19H,5-10,18H2,1H3. The van der Waals surface area contributed by atoms with Gasteiger partial charge >= 0.3 is 0 Å². The van der Waals surface area contributed by atoms with Crippen LogP contribution in [0.15, 0.2) is 18.2 Å². The molecular weight excluding hydrogens is 288 g/mol. The SMILES string of the molecule is Cc1c(Cl)cccc1C(NN)C1CCOC2(CCOC2)C1. The van der Waals surface area contributed by atoms with Gasteiger partial charge in [-0.1, -0.05) is 23.7 Å². The Balaban J connectivity index is 1.84. The van der Waals surface area contributed by atoms with Gasteiger partial charge in [0.2, 0.25) is 0 Å². The average Bonchev–Trinajstić information content (AvgIpc) is 2.92. The summed E-state index contributed by atoms with van der Waals surface area (Å²) in [5, 5.41) is 0.790. The Hall–Kier alpha value is -0.650. The van der Waals surface area contributed by atoms with Crippen LogP contribution >= 0.6 is 11.6 Å². The van der Waals surface area contributed by atoms with Gasteiger partial charge in [0.15, 0.2) is 0 Å². The topological polar surface area (TPSA) is 56.5 Å². The van der Waals surface area contributed by atoms with Gasteiger partial charge in [-0.2, -0.15) is 0 Å². The third-order valence-corrected chi connectivity index (χ3v) is 5.30. The minimum absolute atomic E-state index is 0.102. The second-order valence-electron chi connectivity index (χ2n) is 6.19. The quantitative estimate of drug-likeness (QED) is 0.666. The van der Waals surface area contributed by atoms with Gasteiger partial charge in [-0.3, -0.25) is 11.3 Å². The van der Waals surface area contributed by atoms with E-state index in [0.717, 1.165) is 43.1 Å². The van der Waals surface area contributed by atoms with E-state index < -0.39 is 0 Å². The first-order valence-electron chi connectivity index (χ1n) is 7.58. The van der Waals surface area contributed by atoms with E-state index in [1.807, 2.05) is 12.1 Å². The molecule has 0 aromatic heterocycles. The largest absolute Gasteiger partial charge is 0.378 e. The van der Waals surface area contributed by atoms with Gasteiger partial charge < -0.3 is 9.47 Å². The van der Waals surface area contributed by atoms with Crippen LogP contribution in [0, 0.1) is 12.8 Å². The highest BCUT2D eigenvalue weighted by atomic mass is 35.5. The molecule has 3 rings (SSSR count). The van der Waals surface area contributed by atoms with Crippen molar-refractivity contribution in [2.24, 2.45) is 11.8 Å². The lowest BCUT2D eigenvalue weighted by Crippen LogP contribution is -2.45. The van der Waals surface area contributed by atoms with Crippen molar-refractivity contribution in [3.05, 3.63) is 34.3 Å². The van der Waals surface area contributed by atoms with Gasteiger partial charge in [0.1, 0.15) is 0 Å². The first-order valence-corrected chi connectivity index (χ1v) is 7.96. The molecule has 116 valence electrons. The van der Waals surface area contributed by atoms with E-state index in [4.69, 9.17) is 26.9 Å². The lowest BCUT2D eigenvalue weighted by molar-refractivity contribution is -0.103. The maximum atomic E-state index is 6.26. The lowest BCUT2D eigenvalue weighted by atomic mass is 9.78. The van der Waals surface area contributed by atoms with E-state index in [1.54, 1.807) is 0 Å². The molecule has 0 saturated carbocycles. The number of nitrogens with two attached hydrogens (primary N) is 1. The van der Waals surface area contributed by atoms with Crippen molar-refractivity contribution in [1.82, 2.24) is 5.43 Å². The van der Waals surface area contributed by atoms with Gasteiger partial charge in [0.05, 0.1) is 12.2 Å². The Labute approximate surface area is 130 Å². The second kappa shape index (κ2) is 6.23. The zero-order valence-corrected chi connectivity index (χ0v) is 13.2. The van der Waals surface area contributed by atoms with Gasteiger partial charge in [-0.15, -0.1) is 0 Å². The van der Waals surface area contributed by atoms with E-state index in [-0.39, 0.29) is 11.6 Å². The normalized spacial score (nSPS) is 30.7. The summed E-state index contributed by atoms with van der Waals surface area (Å²) in [7, 11) is 0. The van der Waals surface area contributed by atoms with E-state index in [2.05, 4.69) is 18.4 Å². The Morgan fingerprint density at radius 1 is 1.43 bits per heavy atom. The molecule has 4 nitrogen and oxygen atoms in total. The molecule has 3 unspecified atom stereocenters. The zero-order valence-electron chi connectivity index (χ0n) is 12.4. The summed E-state index contributed by atoms with van der Waals surface area (Å²) in [6.45, 7) is 4.32. The maximum Gasteiger partial charge on any atom is 0.0940 e. The predicted molar refractivity (Wildman–Crippen MR) is 83.1 cm³/mol. The minimum atomic E-state index is -0.107. The predicted octanol–water partition coefficient (Wildman–Crippen LogP) is 2.74. The highest BCUT2D eigenvalue weighted by Gasteiger charge is 2.43. The van der Waals surface area contributed by atoms with Crippen LogP contribution in [0.25, 0.3) is 0 Å². The summed E-state index contributed by atoms with van der Waals surface area (Å²) in [5.41, 5.74) is 5.19. The van der Waals surface area contributed by atoms with E-state index in [1.165, 1.54) is 5.56 Å². The number of benzene rings is 1. The summed E-state index contributed by atoms with van der Waals surface area (Å²) in [4.78, 5) is 0. The number of ether oxygens (including phenoxy) is 2. The van der Waals surface area contributed by atoms with Crippen LogP contribution in [-0.4, -0.2) is 25.4 Å². The summed E-state index contributed by atoms with van der Waals surface area (Å²) >= 11 is 6.26. The molecule has 0 amide bonds. The summed E-state index contributed by atoms with van der Waals surface area (Å²) in [5.74, 6) is 6.31. The van der Waals surface area contributed by atoms with Crippen molar-refractivity contribution in [2.75, 3.05) is 19.8 Å². The molecule has 3 N–H and O–H groups in total. The molecule has 3 atom stereocenters. The van der Waals surface area contributed by atoms with E-state index in [9.17, 15) is 0 Å². The summed E-state index contributed by atoms with van der Waals surface area (Å²) in [6.07, 6.45) is 2.96. The zero-order chi connectivity index (χ0) is 14.9. The van der Waals surface area contributed by atoms with Gasteiger partial charge in [-0.25, -0.2) is 0 Å². The van der Waals surface area contributed by atoms with Crippen molar-refractivity contribution in [1.29, 1.82) is 0 Å². The Morgan fingerprint density at radius 3 is 3.00 bits per heavy atom. The number of halogens is 1. The number of hydrazine groups is 1. The van der Waals surface area contributed by atoms with Crippen LogP contribution in [0.4, 0.5) is 0 Å². The molecule has 2 fully saturated rings. The van der Waals surface area contributed by atoms with Crippen molar-refractivity contribution >= 4 is 11.6 Å². The molecule has 1 spiro atoms. The summed E-state index contributed by atoms with van der Waals surface area (Å²) in [6, 6.07) is 6.12. The third kappa shape index (κ3) is 2.96. The molecule has 0 aliphatic carbocycles. The van der Waals surface area contributed by atoms with Crippen molar-refractivity contribution in [2.45, 2.75) is 37.8 Å². The fourth-order valence-electron chi connectivity index (χ4n) is 3.65. The Kier molecular flexibility index (Phi) is 4.52. The van der Waals surface area contributed by atoms with E-state index >= 15 is 0 Å². The minimum Gasteiger partial charge on any atom is -0.378 e. The molecule has 2 saturated heterocycles. The van der Waals surface area contributed by atoms with Gasteiger partial charge in [-0.05, 0) is 42.9 Å². The molecule has 2 heterocycles. The number of nitrogens with one attached hydrogen (secondary N) is 1. The van der Waals surface area contributed by atoms with Crippen molar-refractivity contribution in [3.63, 3.8) is 0 Å². The van der Waals surface area contributed by atoms with Crippen LogP contribution in [0.5, 0.6) is 0 Å². The first-order chi connectivity index (χ1) is 10.2. The molecule has 2 aliphatic heterocycles. The molecule has 21 heavy (non-hydrogen) atoms. The molecular formula is C16H23ClN2O2. The molecule has 0 radical (unpaired) electrons. The highest BCUT2D eigenvalue weighted by Crippen LogP contribution is 2.41.